The number of anilines is 1. The first-order chi connectivity index (χ1) is 26.7. The van der Waals surface area contributed by atoms with Gasteiger partial charge in [0.15, 0.2) is 23.9 Å². The van der Waals surface area contributed by atoms with Crippen molar-refractivity contribution in [3.63, 3.8) is 0 Å². The molecule has 3 saturated heterocycles. The highest BCUT2D eigenvalue weighted by Gasteiger charge is 2.38. The minimum Gasteiger partial charge on any atom is -0.619 e. The van der Waals surface area contributed by atoms with Crippen LogP contribution in [0.5, 0.6) is 17.2 Å². The van der Waals surface area contributed by atoms with Gasteiger partial charge >= 0.3 is 18.7 Å². The third kappa shape index (κ3) is 9.03. The highest BCUT2D eigenvalue weighted by Crippen LogP contribution is 2.37. The minimum atomic E-state index is -3.30. The van der Waals surface area contributed by atoms with Crippen LogP contribution >= 0.6 is 23.2 Å². The smallest absolute Gasteiger partial charge is 0.415 e. The summed E-state index contributed by atoms with van der Waals surface area (Å²) in [5, 5.41) is 11.8. The van der Waals surface area contributed by atoms with E-state index in [1.165, 1.54) is 30.2 Å². The van der Waals surface area contributed by atoms with Crippen LogP contribution in [0.3, 0.4) is 0 Å². The molecule has 3 fully saturated rings. The summed E-state index contributed by atoms with van der Waals surface area (Å²) in [6, 6.07) is 16.8. The number of carbonyl (C=O) groups is 2. The molecule has 0 saturated carbocycles. The van der Waals surface area contributed by atoms with Crippen LogP contribution in [-0.2, 0) is 22.4 Å². The van der Waals surface area contributed by atoms with Crippen molar-refractivity contribution in [2.75, 3.05) is 38.7 Å². The maximum Gasteiger partial charge on any atom is 0.415 e. The van der Waals surface area contributed by atoms with Crippen LogP contribution in [0, 0.1) is 11.1 Å². The van der Waals surface area contributed by atoms with Crippen LogP contribution < -0.4 is 23.8 Å². The van der Waals surface area contributed by atoms with Crippen LogP contribution in [0.4, 0.5) is 19.3 Å². The van der Waals surface area contributed by atoms with Crippen molar-refractivity contribution in [2.45, 2.75) is 44.6 Å². The molecular formula is C38H37Cl2F2N3O8. The third-order valence-corrected chi connectivity index (χ3v) is 9.99. The number of piperidine rings is 3. The van der Waals surface area contributed by atoms with Gasteiger partial charge in [-0.05, 0) is 79.4 Å². The number of methoxy groups -OCH3 is 2. The second-order valence-corrected chi connectivity index (χ2v) is 13.4. The van der Waals surface area contributed by atoms with Gasteiger partial charge in [0, 0.05) is 18.5 Å². The first kappa shape index (κ1) is 34.0. The van der Waals surface area contributed by atoms with Crippen molar-refractivity contribution < 1.29 is 50.9 Å². The lowest BCUT2D eigenvalue weighted by Crippen LogP contribution is -2.53. The Morgan fingerprint density at radius 2 is 1.72 bits per heavy atom. The molecule has 0 N–H and O–H groups in total. The van der Waals surface area contributed by atoms with E-state index in [2.05, 4.69) is 9.64 Å². The van der Waals surface area contributed by atoms with Crippen LogP contribution in [0.15, 0.2) is 79.1 Å². The molecule has 3 aliphatic heterocycles. The van der Waals surface area contributed by atoms with Crippen molar-refractivity contribution in [2.24, 2.45) is 5.92 Å². The number of rotatable bonds is 13. The minimum absolute atomic E-state index is 0.0545. The number of benzene rings is 3. The fraction of sp³-hybridized carbons (Fsp3) is 0.342. The summed E-state index contributed by atoms with van der Waals surface area (Å²) in [6.07, 6.45) is 1.76. The van der Waals surface area contributed by atoms with Crippen LogP contribution in [0.25, 0.3) is 0 Å². The van der Waals surface area contributed by atoms with Gasteiger partial charge in [0.05, 0.1) is 36.1 Å². The zero-order valence-electron chi connectivity index (χ0n) is 31.4. The predicted molar refractivity (Wildman–Crippen MR) is 192 cm³/mol. The highest BCUT2D eigenvalue weighted by atomic mass is 35.5. The maximum absolute atomic E-state index is 13.8. The standard InChI is InChI=1S/C38H37Cl2F2N3O8/c1-49-31-6-4-3-5-30(31)45(38(47)53-35-22-43-15-13-24(35)14-16-43)19-23-7-9-25(10-8-23)36(46)51-33(18-27-28(39)20-44(48)21-29(27)40)26-11-12-32(52-37(41)42)34(17-26)50-2/h3-12,17,20-21,24,33,35,37H,13-16,18-19,22H2,1-2H3/t33-,35-/m0/s1/i2D3. The second kappa shape index (κ2) is 16.9. The van der Waals surface area contributed by atoms with E-state index < -0.39 is 43.3 Å². The molecule has 53 heavy (non-hydrogen) atoms. The topological polar surface area (TPSA) is 114 Å². The lowest BCUT2D eigenvalue weighted by Gasteiger charge is -2.44. The Morgan fingerprint density at radius 3 is 2.36 bits per heavy atom. The monoisotopic (exact) mass is 774 g/mol. The Labute approximate surface area is 319 Å². The number of halogens is 4. The summed E-state index contributed by atoms with van der Waals surface area (Å²) in [6.45, 7) is -0.571. The Morgan fingerprint density at radius 1 is 1.00 bits per heavy atom. The van der Waals surface area contributed by atoms with E-state index in [0.29, 0.717) is 34.2 Å². The molecule has 0 unspecified atom stereocenters. The molecule has 3 aromatic carbocycles. The largest absolute Gasteiger partial charge is 0.619 e. The van der Waals surface area contributed by atoms with E-state index >= 15 is 0 Å². The molecule has 1 aromatic heterocycles. The average molecular weight is 776 g/mol. The fourth-order valence-corrected chi connectivity index (χ4v) is 7.20. The van der Waals surface area contributed by atoms with Crippen molar-refractivity contribution in [3.8, 4) is 17.2 Å². The Kier molecular flexibility index (Phi) is 10.8. The number of hydrogen-bond acceptors (Lipinski definition) is 9. The van der Waals surface area contributed by atoms with Crippen molar-refractivity contribution in [1.29, 1.82) is 0 Å². The molecule has 1 amide bonds. The molecule has 0 radical (unpaired) electrons. The molecule has 0 spiro atoms. The van der Waals surface area contributed by atoms with Gasteiger partial charge < -0.3 is 28.9 Å². The highest BCUT2D eigenvalue weighted by molar-refractivity contribution is 6.35. The number of para-hydroxylation sites is 2. The molecule has 2 atom stereocenters. The molecule has 3 aliphatic rings. The fourth-order valence-electron chi connectivity index (χ4n) is 6.60. The number of nitrogens with zero attached hydrogens (tertiary/aromatic N) is 3. The summed E-state index contributed by atoms with van der Waals surface area (Å²) >= 11 is 12.7. The van der Waals surface area contributed by atoms with Crippen LogP contribution in [-0.4, -0.2) is 63.5 Å². The van der Waals surface area contributed by atoms with Gasteiger partial charge in [-0.25, -0.2) is 9.59 Å². The number of ether oxygens (including phenoxy) is 5. The quantitative estimate of drug-likeness (QED) is 0.0769. The van der Waals surface area contributed by atoms with Gasteiger partial charge in [-0.1, -0.05) is 53.5 Å². The van der Waals surface area contributed by atoms with E-state index in [0.717, 1.165) is 50.5 Å². The predicted octanol–water partition coefficient (Wildman–Crippen LogP) is 7.62. The molecule has 4 heterocycles. The van der Waals surface area contributed by atoms with E-state index in [1.807, 2.05) is 0 Å². The second-order valence-electron chi connectivity index (χ2n) is 12.6. The van der Waals surface area contributed by atoms with Gasteiger partial charge in [-0.2, -0.15) is 13.5 Å². The molecule has 7 rings (SSSR count). The first-order valence-corrected chi connectivity index (χ1v) is 17.4. The number of carbonyl (C=O) groups excluding carboxylic acids is 2. The number of esters is 1. The Bertz CT molecular complexity index is 2020. The molecule has 15 heteroatoms. The average Bonchev–Trinajstić information content (AvgIpc) is 3.15. The summed E-state index contributed by atoms with van der Waals surface area (Å²) in [7, 11) is -1.54. The summed E-state index contributed by atoms with van der Waals surface area (Å²) < 4.78 is 76.2. The summed E-state index contributed by atoms with van der Waals surface area (Å²) in [4.78, 5) is 31.3. The number of hydrogen-bond donors (Lipinski definition) is 0. The van der Waals surface area contributed by atoms with Crippen molar-refractivity contribution >= 4 is 41.0 Å². The van der Waals surface area contributed by atoms with Gasteiger partial charge in [-0.3, -0.25) is 9.80 Å². The normalized spacial score (nSPS) is 19.4. The number of pyridine rings is 1. The number of aromatic nitrogens is 1. The SMILES string of the molecule is [2H]C([2H])([2H])Oc1cc([C@H](Cc2c(Cl)c[n+]([O-])cc2Cl)OC(=O)c2ccc(CN(C(=O)O[C@H]3CN4CCC3CC4)c3ccccc3OC)cc2)ccc1OC(F)F. The molecule has 4 aromatic rings. The van der Waals surface area contributed by atoms with Crippen molar-refractivity contribution in [3.05, 3.63) is 117 Å². The molecule has 11 nitrogen and oxygen atoms in total. The number of fused-ring (bicyclic) bond motifs is 3. The number of alkyl halides is 2. The molecule has 280 valence electrons. The zero-order chi connectivity index (χ0) is 40.1. The molecule has 0 aliphatic carbocycles. The Hall–Kier alpha value is -4.85. The maximum atomic E-state index is 13.8. The van der Waals surface area contributed by atoms with Crippen molar-refractivity contribution in [1.82, 2.24) is 4.90 Å². The van der Waals surface area contributed by atoms with Gasteiger partial charge in [0.25, 0.3) is 0 Å². The van der Waals surface area contributed by atoms with E-state index in [1.54, 1.807) is 36.4 Å². The summed E-state index contributed by atoms with van der Waals surface area (Å²) in [5.41, 5.74) is 1.55. The van der Waals surface area contributed by atoms with E-state index in [-0.39, 0.29) is 45.8 Å². The third-order valence-electron chi connectivity index (χ3n) is 9.34. The zero-order valence-corrected chi connectivity index (χ0v) is 29.9. The molecular weight excluding hydrogens is 735 g/mol. The summed E-state index contributed by atoms with van der Waals surface area (Å²) in [5.74, 6) is -1.21. The van der Waals surface area contributed by atoms with E-state index in [4.69, 9.17) is 46.3 Å². The molecule has 2 bridgehead atoms. The van der Waals surface area contributed by atoms with Gasteiger partial charge in [0.1, 0.15) is 28.0 Å². The first-order valence-electron chi connectivity index (χ1n) is 18.2. The van der Waals surface area contributed by atoms with Crippen LogP contribution in [0.1, 0.15) is 50.1 Å². The lowest BCUT2D eigenvalue weighted by molar-refractivity contribution is -0.605. The lowest BCUT2D eigenvalue weighted by atomic mass is 9.86. The van der Waals surface area contributed by atoms with Gasteiger partial charge in [0.2, 0.25) is 0 Å². The number of amides is 1. The van der Waals surface area contributed by atoms with Crippen LogP contribution in [0.2, 0.25) is 10.0 Å². The van der Waals surface area contributed by atoms with E-state index in [9.17, 15) is 23.6 Å². The van der Waals surface area contributed by atoms with Gasteiger partial charge in [-0.15, -0.1) is 0 Å². The Balaban J connectivity index is 1.26.